The molecule has 1 aromatic rings. The lowest BCUT2D eigenvalue weighted by atomic mass is 10.2. The Labute approximate surface area is 101 Å². The summed E-state index contributed by atoms with van der Waals surface area (Å²) >= 11 is 0. The molecule has 1 aliphatic heterocycles. The Bertz CT molecular complexity index is 412. The van der Waals surface area contributed by atoms with Gasteiger partial charge in [-0.3, -0.25) is 9.78 Å². The average Bonchev–Trinajstić information content (AvgIpc) is 2.26. The Morgan fingerprint density at radius 2 is 2.12 bits per heavy atom. The Morgan fingerprint density at radius 1 is 1.47 bits per heavy atom. The molecular weight excluding hydrogens is 218 g/mol. The van der Waals surface area contributed by atoms with Crippen LogP contribution in [0.4, 0.5) is 5.69 Å². The first-order valence-corrected chi connectivity index (χ1v) is 5.72. The van der Waals surface area contributed by atoms with Gasteiger partial charge in [0.15, 0.2) is 0 Å². The number of hydrogen-bond donors (Lipinski definition) is 1. The summed E-state index contributed by atoms with van der Waals surface area (Å²) in [5, 5.41) is 0. The molecule has 1 saturated heterocycles. The van der Waals surface area contributed by atoms with E-state index >= 15 is 0 Å². The highest BCUT2D eigenvalue weighted by Gasteiger charge is 2.27. The molecule has 2 atom stereocenters. The second kappa shape index (κ2) is 4.71. The maximum Gasteiger partial charge on any atom is 0.272 e. The van der Waals surface area contributed by atoms with Crippen LogP contribution in [0.15, 0.2) is 18.3 Å². The molecule has 0 aromatic carbocycles. The van der Waals surface area contributed by atoms with Gasteiger partial charge in [-0.25, -0.2) is 0 Å². The molecule has 2 unspecified atom stereocenters. The van der Waals surface area contributed by atoms with Crippen LogP contribution < -0.4 is 5.73 Å². The van der Waals surface area contributed by atoms with E-state index in [0.717, 1.165) is 0 Å². The molecule has 0 bridgehead atoms. The third kappa shape index (κ3) is 2.74. The molecule has 2 rings (SSSR count). The number of ether oxygens (including phenoxy) is 1. The summed E-state index contributed by atoms with van der Waals surface area (Å²) in [7, 11) is 0. The van der Waals surface area contributed by atoms with Crippen LogP contribution in [0, 0.1) is 0 Å². The molecule has 2 heterocycles. The second-order valence-electron chi connectivity index (χ2n) is 4.44. The van der Waals surface area contributed by atoms with E-state index < -0.39 is 0 Å². The second-order valence-corrected chi connectivity index (χ2v) is 4.44. The largest absolute Gasteiger partial charge is 0.399 e. The molecule has 0 aliphatic carbocycles. The van der Waals surface area contributed by atoms with Crippen LogP contribution in [0.3, 0.4) is 0 Å². The van der Waals surface area contributed by atoms with E-state index in [-0.39, 0.29) is 18.1 Å². The Morgan fingerprint density at radius 3 is 2.71 bits per heavy atom. The average molecular weight is 235 g/mol. The quantitative estimate of drug-likeness (QED) is 0.785. The number of carbonyl (C=O) groups is 1. The van der Waals surface area contributed by atoms with Crippen molar-refractivity contribution in [3.8, 4) is 0 Å². The van der Waals surface area contributed by atoms with E-state index in [0.29, 0.717) is 24.5 Å². The standard InChI is InChI=1S/C12H17N3O2/c1-8-6-15(7-9(2)17-8)12(16)11-5-10(13)3-4-14-11/h3-5,8-9H,6-7H2,1-2H3,(H2,13,14). The molecule has 5 heteroatoms. The molecule has 0 spiro atoms. The highest BCUT2D eigenvalue weighted by Crippen LogP contribution is 2.14. The fourth-order valence-electron chi connectivity index (χ4n) is 2.07. The van der Waals surface area contributed by atoms with Gasteiger partial charge in [-0.05, 0) is 26.0 Å². The number of amides is 1. The summed E-state index contributed by atoms with van der Waals surface area (Å²) in [4.78, 5) is 18.0. The summed E-state index contributed by atoms with van der Waals surface area (Å²) in [6.45, 7) is 5.12. The zero-order chi connectivity index (χ0) is 12.4. The van der Waals surface area contributed by atoms with Crippen LogP contribution in [-0.2, 0) is 4.74 Å². The molecule has 17 heavy (non-hydrogen) atoms. The van der Waals surface area contributed by atoms with Crippen LogP contribution in [-0.4, -0.2) is 41.1 Å². The van der Waals surface area contributed by atoms with Crippen LogP contribution >= 0.6 is 0 Å². The van der Waals surface area contributed by atoms with Gasteiger partial charge in [0.2, 0.25) is 0 Å². The van der Waals surface area contributed by atoms with Gasteiger partial charge in [0.05, 0.1) is 12.2 Å². The molecule has 1 amide bonds. The van der Waals surface area contributed by atoms with Gasteiger partial charge in [0.1, 0.15) is 5.69 Å². The maximum absolute atomic E-state index is 12.2. The van der Waals surface area contributed by atoms with Crippen LogP contribution in [0.1, 0.15) is 24.3 Å². The molecule has 0 saturated carbocycles. The van der Waals surface area contributed by atoms with Gasteiger partial charge < -0.3 is 15.4 Å². The summed E-state index contributed by atoms with van der Waals surface area (Å²) in [5.41, 5.74) is 6.59. The third-order valence-corrected chi connectivity index (χ3v) is 2.71. The molecule has 1 aliphatic rings. The minimum absolute atomic E-state index is 0.0590. The molecule has 5 nitrogen and oxygen atoms in total. The van der Waals surface area contributed by atoms with E-state index in [1.807, 2.05) is 13.8 Å². The summed E-state index contributed by atoms with van der Waals surface area (Å²) in [5.74, 6) is -0.0840. The number of carbonyl (C=O) groups excluding carboxylic acids is 1. The number of morpholine rings is 1. The van der Waals surface area contributed by atoms with Crippen LogP contribution in [0.5, 0.6) is 0 Å². The number of anilines is 1. The maximum atomic E-state index is 12.2. The smallest absolute Gasteiger partial charge is 0.272 e. The predicted octanol–water partition coefficient (Wildman–Crippen LogP) is 0.913. The first kappa shape index (κ1) is 11.9. The van der Waals surface area contributed by atoms with Crippen molar-refractivity contribution in [2.75, 3.05) is 18.8 Å². The van der Waals surface area contributed by atoms with Crippen molar-refractivity contribution >= 4 is 11.6 Å². The van der Waals surface area contributed by atoms with Crippen LogP contribution in [0.25, 0.3) is 0 Å². The van der Waals surface area contributed by atoms with Gasteiger partial charge in [-0.2, -0.15) is 0 Å². The van der Waals surface area contributed by atoms with Gasteiger partial charge in [-0.15, -0.1) is 0 Å². The van der Waals surface area contributed by atoms with Crippen molar-refractivity contribution in [2.45, 2.75) is 26.1 Å². The zero-order valence-corrected chi connectivity index (χ0v) is 10.1. The van der Waals surface area contributed by atoms with Crippen LogP contribution in [0.2, 0.25) is 0 Å². The molecular formula is C12H17N3O2. The lowest BCUT2D eigenvalue weighted by molar-refractivity contribution is -0.0587. The number of aromatic nitrogens is 1. The number of hydrogen-bond acceptors (Lipinski definition) is 4. The van der Waals surface area contributed by atoms with Gasteiger partial charge in [0, 0.05) is 25.0 Å². The summed E-state index contributed by atoms with van der Waals surface area (Å²) in [6, 6.07) is 3.27. The number of nitrogens with two attached hydrogens (primary N) is 1. The number of pyridine rings is 1. The minimum atomic E-state index is -0.0840. The number of nitrogen functional groups attached to an aromatic ring is 1. The minimum Gasteiger partial charge on any atom is -0.399 e. The van der Waals surface area contributed by atoms with E-state index in [9.17, 15) is 4.79 Å². The number of nitrogens with zero attached hydrogens (tertiary/aromatic N) is 2. The molecule has 1 aromatic heterocycles. The van der Waals surface area contributed by atoms with E-state index in [1.54, 1.807) is 23.2 Å². The molecule has 92 valence electrons. The van der Waals surface area contributed by atoms with Crippen molar-refractivity contribution in [1.82, 2.24) is 9.88 Å². The van der Waals surface area contributed by atoms with Crippen molar-refractivity contribution in [3.63, 3.8) is 0 Å². The summed E-state index contributed by atoms with van der Waals surface area (Å²) in [6.07, 6.45) is 1.67. The molecule has 0 radical (unpaired) electrons. The highest BCUT2D eigenvalue weighted by molar-refractivity contribution is 5.93. The van der Waals surface area contributed by atoms with Crippen molar-refractivity contribution in [2.24, 2.45) is 0 Å². The zero-order valence-electron chi connectivity index (χ0n) is 10.1. The first-order valence-electron chi connectivity index (χ1n) is 5.72. The van der Waals surface area contributed by atoms with Gasteiger partial charge >= 0.3 is 0 Å². The normalized spacial score (nSPS) is 24.7. The Hall–Kier alpha value is -1.62. The van der Waals surface area contributed by atoms with Crippen molar-refractivity contribution in [1.29, 1.82) is 0 Å². The van der Waals surface area contributed by atoms with Crippen molar-refractivity contribution in [3.05, 3.63) is 24.0 Å². The lowest BCUT2D eigenvalue weighted by Crippen LogP contribution is -2.48. The first-order chi connectivity index (χ1) is 8.06. The number of rotatable bonds is 1. The lowest BCUT2D eigenvalue weighted by Gasteiger charge is -2.35. The van der Waals surface area contributed by atoms with E-state index in [1.165, 1.54) is 0 Å². The molecule has 2 N–H and O–H groups in total. The van der Waals surface area contributed by atoms with Crippen molar-refractivity contribution < 1.29 is 9.53 Å². The fraction of sp³-hybridized carbons (Fsp3) is 0.500. The fourth-order valence-corrected chi connectivity index (χ4v) is 2.07. The third-order valence-electron chi connectivity index (χ3n) is 2.71. The predicted molar refractivity (Wildman–Crippen MR) is 64.6 cm³/mol. The monoisotopic (exact) mass is 235 g/mol. The van der Waals surface area contributed by atoms with Gasteiger partial charge in [-0.1, -0.05) is 0 Å². The topological polar surface area (TPSA) is 68.5 Å². The highest BCUT2D eigenvalue weighted by atomic mass is 16.5. The molecule has 1 fully saturated rings. The van der Waals surface area contributed by atoms with E-state index in [4.69, 9.17) is 10.5 Å². The van der Waals surface area contributed by atoms with E-state index in [2.05, 4.69) is 4.98 Å². The van der Waals surface area contributed by atoms with Gasteiger partial charge in [0.25, 0.3) is 5.91 Å². The Kier molecular flexibility index (Phi) is 3.28. The SMILES string of the molecule is CC1CN(C(=O)c2cc(N)ccn2)CC(C)O1. The Balaban J connectivity index is 2.14. The summed E-state index contributed by atoms with van der Waals surface area (Å²) < 4.78 is 5.59.